The first kappa shape index (κ1) is 9.80. The molecule has 1 saturated heterocycles. The Morgan fingerprint density at radius 2 is 2.00 bits per heavy atom. The topological polar surface area (TPSA) is 20.3 Å². The molecule has 80 valence electrons. The predicted octanol–water partition coefficient (Wildman–Crippen LogP) is 1.95. The number of rotatable bonds is 0. The van der Waals surface area contributed by atoms with Crippen molar-refractivity contribution < 1.29 is 18.0 Å². The van der Waals surface area contributed by atoms with Crippen LogP contribution in [0, 0.1) is 5.41 Å². The minimum Gasteiger partial charge on any atom is -0.332 e. The molecule has 5 heteroatoms. The average Bonchev–Trinajstić information content (AvgIpc) is 2.68. The first-order valence-corrected chi connectivity index (χ1v) is 4.72. The fraction of sp³-hybridized carbons (Fsp3) is 0.889. The number of carbonyl (C=O) groups is 1. The monoisotopic (exact) mass is 207 g/mol. The molecule has 1 unspecified atom stereocenters. The quantitative estimate of drug-likeness (QED) is 0.594. The van der Waals surface area contributed by atoms with Crippen molar-refractivity contribution in [2.45, 2.75) is 38.4 Å². The molecule has 1 spiro atoms. The zero-order chi connectivity index (χ0) is 10.6. The van der Waals surface area contributed by atoms with Gasteiger partial charge in [-0.05, 0) is 31.6 Å². The van der Waals surface area contributed by atoms with Crippen LogP contribution in [0.25, 0.3) is 0 Å². The fourth-order valence-corrected chi connectivity index (χ4v) is 2.29. The lowest BCUT2D eigenvalue weighted by atomic mass is 10.0. The van der Waals surface area contributed by atoms with Crippen molar-refractivity contribution in [3.05, 3.63) is 0 Å². The van der Waals surface area contributed by atoms with Crippen LogP contribution in [0.4, 0.5) is 13.2 Å². The van der Waals surface area contributed by atoms with E-state index in [0.29, 0.717) is 6.54 Å². The number of amides is 1. The van der Waals surface area contributed by atoms with Gasteiger partial charge in [-0.15, -0.1) is 0 Å². The van der Waals surface area contributed by atoms with Gasteiger partial charge in [-0.2, -0.15) is 13.2 Å². The van der Waals surface area contributed by atoms with Gasteiger partial charge in [0.1, 0.15) is 0 Å². The van der Waals surface area contributed by atoms with Crippen LogP contribution in [0.15, 0.2) is 0 Å². The maximum absolute atomic E-state index is 12.2. The lowest BCUT2D eigenvalue weighted by Crippen LogP contribution is -2.43. The Bertz CT molecular complexity index is 270. The molecule has 2 nitrogen and oxygen atoms in total. The van der Waals surface area contributed by atoms with Gasteiger partial charge in [-0.25, -0.2) is 0 Å². The first-order chi connectivity index (χ1) is 6.34. The van der Waals surface area contributed by atoms with Gasteiger partial charge in [0.25, 0.3) is 0 Å². The first-order valence-electron chi connectivity index (χ1n) is 4.72. The molecule has 2 aliphatic rings. The Hall–Kier alpha value is -0.740. The van der Waals surface area contributed by atoms with Gasteiger partial charge < -0.3 is 4.90 Å². The molecule has 1 aliphatic heterocycles. The summed E-state index contributed by atoms with van der Waals surface area (Å²) in [4.78, 5) is 12.0. The summed E-state index contributed by atoms with van der Waals surface area (Å²) in [5.41, 5.74) is 0.0420. The van der Waals surface area contributed by atoms with Gasteiger partial charge >= 0.3 is 12.1 Å². The van der Waals surface area contributed by atoms with Gasteiger partial charge in [0.2, 0.25) is 0 Å². The summed E-state index contributed by atoms with van der Waals surface area (Å²) >= 11 is 0. The van der Waals surface area contributed by atoms with Crippen molar-refractivity contribution in [2.24, 2.45) is 5.41 Å². The van der Waals surface area contributed by atoms with E-state index in [1.807, 2.05) is 0 Å². The summed E-state index contributed by atoms with van der Waals surface area (Å²) in [5.74, 6) is -1.67. The Labute approximate surface area is 80.1 Å². The standard InChI is InChI=1S/C9H12F3NO/c1-6-4-8(2-3-8)5-13(6)7(14)9(10,11)12/h6H,2-5H2,1H3. The summed E-state index contributed by atoms with van der Waals surface area (Å²) in [7, 11) is 0. The van der Waals surface area contributed by atoms with Gasteiger partial charge in [-0.3, -0.25) is 4.79 Å². The van der Waals surface area contributed by atoms with Crippen LogP contribution in [-0.4, -0.2) is 29.6 Å². The van der Waals surface area contributed by atoms with E-state index >= 15 is 0 Å². The number of alkyl halides is 3. The highest BCUT2D eigenvalue weighted by Gasteiger charge is 2.55. The lowest BCUT2D eigenvalue weighted by molar-refractivity contribution is -0.186. The lowest BCUT2D eigenvalue weighted by Gasteiger charge is -2.22. The second-order valence-electron chi connectivity index (χ2n) is 4.48. The number of likely N-dealkylation sites (tertiary alicyclic amines) is 1. The van der Waals surface area contributed by atoms with E-state index in [-0.39, 0.29) is 11.5 Å². The third kappa shape index (κ3) is 1.48. The summed E-state index contributed by atoms with van der Waals surface area (Å²) < 4.78 is 36.5. The van der Waals surface area contributed by atoms with Crippen LogP contribution < -0.4 is 0 Å². The predicted molar refractivity (Wildman–Crippen MR) is 43.5 cm³/mol. The Kier molecular flexibility index (Phi) is 1.85. The molecule has 1 amide bonds. The van der Waals surface area contributed by atoms with E-state index in [2.05, 4.69) is 0 Å². The molecule has 1 aliphatic carbocycles. The van der Waals surface area contributed by atoms with Crippen molar-refractivity contribution in [3.63, 3.8) is 0 Å². The summed E-state index contributed by atoms with van der Waals surface area (Å²) in [6.07, 6.45) is -2.04. The minimum absolute atomic E-state index is 0.0420. The molecule has 0 bridgehead atoms. The Morgan fingerprint density at radius 3 is 2.36 bits per heavy atom. The summed E-state index contributed by atoms with van der Waals surface area (Å²) in [6, 6.07) is -0.258. The molecule has 0 N–H and O–H groups in total. The van der Waals surface area contributed by atoms with Crippen LogP contribution in [0.1, 0.15) is 26.2 Å². The Balaban J connectivity index is 2.08. The summed E-state index contributed by atoms with van der Waals surface area (Å²) in [6.45, 7) is 1.99. The third-order valence-electron chi connectivity index (χ3n) is 3.23. The molecule has 2 rings (SSSR count). The molecule has 0 aromatic rings. The number of hydrogen-bond acceptors (Lipinski definition) is 1. The molecular weight excluding hydrogens is 195 g/mol. The van der Waals surface area contributed by atoms with Crippen LogP contribution in [-0.2, 0) is 4.79 Å². The van der Waals surface area contributed by atoms with E-state index in [4.69, 9.17) is 0 Å². The zero-order valence-electron chi connectivity index (χ0n) is 7.90. The number of hydrogen-bond donors (Lipinski definition) is 0. The fourth-order valence-electron chi connectivity index (χ4n) is 2.29. The molecule has 0 radical (unpaired) electrons. The van der Waals surface area contributed by atoms with Crippen molar-refractivity contribution in [2.75, 3.05) is 6.54 Å². The van der Waals surface area contributed by atoms with E-state index in [0.717, 1.165) is 24.2 Å². The van der Waals surface area contributed by atoms with Gasteiger partial charge in [-0.1, -0.05) is 0 Å². The second-order valence-corrected chi connectivity index (χ2v) is 4.48. The zero-order valence-corrected chi connectivity index (χ0v) is 7.90. The Morgan fingerprint density at radius 1 is 1.43 bits per heavy atom. The molecule has 0 aromatic heterocycles. The second kappa shape index (κ2) is 2.64. The number of halogens is 3. The van der Waals surface area contributed by atoms with Gasteiger partial charge in [0, 0.05) is 12.6 Å². The van der Waals surface area contributed by atoms with Gasteiger partial charge in [0.05, 0.1) is 0 Å². The van der Waals surface area contributed by atoms with Crippen LogP contribution in [0.5, 0.6) is 0 Å². The third-order valence-corrected chi connectivity index (χ3v) is 3.23. The summed E-state index contributed by atoms with van der Waals surface area (Å²) in [5, 5.41) is 0. The maximum atomic E-state index is 12.2. The molecule has 14 heavy (non-hydrogen) atoms. The molecule has 1 saturated carbocycles. The SMILES string of the molecule is CC1CC2(CC2)CN1C(=O)C(F)(F)F. The number of carbonyl (C=O) groups excluding carboxylic acids is 1. The van der Waals surface area contributed by atoms with E-state index in [9.17, 15) is 18.0 Å². The van der Waals surface area contributed by atoms with Crippen molar-refractivity contribution in [1.82, 2.24) is 4.90 Å². The van der Waals surface area contributed by atoms with Crippen LogP contribution >= 0.6 is 0 Å². The normalized spacial score (nSPS) is 29.7. The largest absolute Gasteiger partial charge is 0.471 e. The van der Waals surface area contributed by atoms with E-state index < -0.39 is 12.1 Å². The van der Waals surface area contributed by atoms with Crippen LogP contribution in [0.2, 0.25) is 0 Å². The highest BCUT2D eigenvalue weighted by molar-refractivity contribution is 5.82. The minimum atomic E-state index is -4.71. The molecule has 1 heterocycles. The van der Waals surface area contributed by atoms with Crippen LogP contribution in [0.3, 0.4) is 0 Å². The molecule has 1 atom stereocenters. The smallest absolute Gasteiger partial charge is 0.332 e. The van der Waals surface area contributed by atoms with E-state index in [1.54, 1.807) is 6.92 Å². The van der Waals surface area contributed by atoms with Crippen molar-refractivity contribution in [3.8, 4) is 0 Å². The van der Waals surface area contributed by atoms with E-state index in [1.165, 1.54) is 0 Å². The maximum Gasteiger partial charge on any atom is 0.471 e. The van der Waals surface area contributed by atoms with Crippen molar-refractivity contribution >= 4 is 5.91 Å². The molecular formula is C9H12F3NO. The molecule has 0 aromatic carbocycles. The highest BCUT2D eigenvalue weighted by Crippen LogP contribution is 2.55. The number of nitrogens with zero attached hydrogens (tertiary/aromatic N) is 1. The van der Waals surface area contributed by atoms with Gasteiger partial charge in [0.15, 0.2) is 0 Å². The average molecular weight is 207 g/mol. The highest BCUT2D eigenvalue weighted by atomic mass is 19.4. The molecule has 2 fully saturated rings. The van der Waals surface area contributed by atoms with Crippen molar-refractivity contribution in [1.29, 1.82) is 0 Å².